The van der Waals surface area contributed by atoms with Crippen LogP contribution in [0.25, 0.3) is 0 Å². The molecule has 0 saturated heterocycles. The molecule has 0 unspecified atom stereocenters. The molecule has 3 nitrogen and oxygen atoms in total. The Morgan fingerprint density at radius 1 is 1.24 bits per heavy atom. The van der Waals surface area contributed by atoms with Crippen molar-refractivity contribution in [2.24, 2.45) is 0 Å². The molecule has 0 aliphatic heterocycles. The minimum Gasteiger partial charge on any atom is -0.212 e. The summed E-state index contributed by atoms with van der Waals surface area (Å²) in [5.41, 5.74) is 0.827. The van der Waals surface area contributed by atoms with Gasteiger partial charge in [0.05, 0.1) is 5.75 Å². The lowest BCUT2D eigenvalue weighted by Gasteiger charge is -2.25. The third-order valence-electron chi connectivity index (χ3n) is 2.43. The van der Waals surface area contributed by atoms with Gasteiger partial charge in [-0.25, -0.2) is 8.42 Å². The van der Waals surface area contributed by atoms with Crippen molar-refractivity contribution in [3.8, 4) is 0 Å². The molecule has 0 atom stereocenters. The maximum Gasteiger partial charge on any atom is 0.218 e. The average molecular weight is 320 g/mol. The van der Waals surface area contributed by atoms with Gasteiger partial charge in [-0.15, -0.1) is 0 Å². The number of alkyl halides is 1. The fourth-order valence-electron chi connectivity index (χ4n) is 1.67. The van der Waals surface area contributed by atoms with E-state index in [0.717, 1.165) is 5.56 Å². The molecule has 96 valence electrons. The molecule has 0 spiro atoms. The zero-order valence-electron chi connectivity index (χ0n) is 10.1. The van der Waals surface area contributed by atoms with Crippen molar-refractivity contribution in [1.29, 1.82) is 0 Å². The Morgan fingerprint density at radius 3 is 2.29 bits per heavy atom. The molecule has 0 saturated carbocycles. The summed E-state index contributed by atoms with van der Waals surface area (Å²) in [7, 11) is -3.23. The highest BCUT2D eigenvalue weighted by Gasteiger charge is 2.24. The van der Waals surface area contributed by atoms with Gasteiger partial charge in [-0.05, 0) is 19.4 Å². The highest BCUT2D eigenvalue weighted by Crippen LogP contribution is 2.14. The van der Waals surface area contributed by atoms with Crippen molar-refractivity contribution >= 4 is 26.0 Å². The van der Waals surface area contributed by atoms with E-state index in [4.69, 9.17) is 0 Å². The lowest BCUT2D eigenvalue weighted by molar-refractivity contribution is 0.371. The molecule has 0 radical (unpaired) electrons. The van der Waals surface area contributed by atoms with Gasteiger partial charge in [-0.1, -0.05) is 46.3 Å². The van der Waals surface area contributed by atoms with Gasteiger partial charge in [0.25, 0.3) is 0 Å². The van der Waals surface area contributed by atoms with Crippen LogP contribution >= 0.6 is 15.9 Å². The summed E-state index contributed by atoms with van der Waals surface area (Å²) < 4.78 is 26.0. The van der Waals surface area contributed by atoms with E-state index in [9.17, 15) is 8.42 Å². The molecule has 1 rings (SSSR count). The first-order chi connectivity index (χ1) is 7.97. The first-order valence-electron chi connectivity index (χ1n) is 5.57. The van der Waals surface area contributed by atoms with Gasteiger partial charge < -0.3 is 0 Å². The number of nitrogens with zero attached hydrogens (tertiary/aromatic N) is 1. The van der Waals surface area contributed by atoms with Crippen LogP contribution in [0, 0.1) is 0 Å². The monoisotopic (exact) mass is 319 g/mol. The van der Waals surface area contributed by atoms with Crippen LogP contribution in [0.4, 0.5) is 0 Å². The van der Waals surface area contributed by atoms with E-state index in [1.54, 1.807) is 0 Å². The smallest absolute Gasteiger partial charge is 0.212 e. The Morgan fingerprint density at radius 2 is 1.82 bits per heavy atom. The van der Waals surface area contributed by atoms with E-state index in [2.05, 4.69) is 15.9 Å². The largest absolute Gasteiger partial charge is 0.218 e. The number of rotatable bonds is 6. The molecule has 0 N–H and O–H groups in total. The summed E-state index contributed by atoms with van der Waals surface area (Å²) in [5, 5.41) is 0.652. The predicted molar refractivity (Wildman–Crippen MR) is 74.7 cm³/mol. The predicted octanol–water partition coefficient (Wildman–Crippen LogP) is 2.62. The minimum atomic E-state index is -3.23. The number of halogens is 1. The topological polar surface area (TPSA) is 37.4 Å². The van der Waals surface area contributed by atoms with E-state index >= 15 is 0 Å². The molecule has 0 heterocycles. The minimum absolute atomic E-state index is 0.0127. The number of sulfonamides is 1. The Balaban J connectivity index is 2.86. The number of hydrogen-bond acceptors (Lipinski definition) is 2. The van der Waals surface area contributed by atoms with Crippen LogP contribution in [0.1, 0.15) is 19.4 Å². The molecule has 0 fully saturated rings. The van der Waals surface area contributed by atoms with E-state index in [-0.39, 0.29) is 11.8 Å². The molecule has 0 aliphatic carbocycles. The van der Waals surface area contributed by atoms with Gasteiger partial charge >= 0.3 is 0 Å². The fraction of sp³-hybridized carbons (Fsp3) is 0.500. The molecule has 1 aromatic rings. The van der Waals surface area contributed by atoms with E-state index in [0.29, 0.717) is 11.9 Å². The summed E-state index contributed by atoms with van der Waals surface area (Å²) in [6.45, 7) is 4.29. The number of hydrogen-bond donors (Lipinski definition) is 0. The Labute approximate surface area is 112 Å². The molecule has 1 aromatic carbocycles. The quantitative estimate of drug-likeness (QED) is 0.756. The first kappa shape index (κ1) is 14.7. The van der Waals surface area contributed by atoms with Crippen LogP contribution in [-0.4, -0.2) is 30.6 Å². The van der Waals surface area contributed by atoms with Gasteiger partial charge in [-0.3, -0.25) is 0 Å². The normalized spacial score (nSPS) is 12.3. The summed E-state index contributed by atoms with van der Waals surface area (Å²) in [4.78, 5) is 0. The van der Waals surface area contributed by atoms with E-state index in [1.807, 2.05) is 44.2 Å². The van der Waals surface area contributed by atoms with E-state index < -0.39 is 10.0 Å². The Hall–Kier alpha value is -0.390. The summed E-state index contributed by atoms with van der Waals surface area (Å²) >= 11 is 3.29. The van der Waals surface area contributed by atoms with Crippen LogP contribution in [-0.2, 0) is 15.8 Å². The van der Waals surface area contributed by atoms with Crippen LogP contribution in [0.5, 0.6) is 0 Å². The second-order valence-electron chi connectivity index (χ2n) is 4.14. The Bertz CT molecular complexity index is 431. The Kier molecular flexibility index (Phi) is 5.62. The van der Waals surface area contributed by atoms with Crippen molar-refractivity contribution in [3.05, 3.63) is 35.9 Å². The maximum absolute atomic E-state index is 12.2. The maximum atomic E-state index is 12.2. The van der Waals surface area contributed by atoms with Crippen LogP contribution in [0.15, 0.2) is 30.3 Å². The zero-order valence-corrected chi connectivity index (χ0v) is 12.5. The van der Waals surface area contributed by atoms with Gasteiger partial charge in [0.15, 0.2) is 0 Å². The molecular weight excluding hydrogens is 302 g/mol. The van der Waals surface area contributed by atoms with Gasteiger partial charge in [0.2, 0.25) is 10.0 Å². The SMILES string of the molecule is CC(C)N(CCBr)S(=O)(=O)Cc1ccccc1. The summed E-state index contributed by atoms with van der Waals surface area (Å²) in [5.74, 6) is 0.0685. The summed E-state index contributed by atoms with van der Waals surface area (Å²) in [6, 6.07) is 9.26. The lowest BCUT2D eigenvalue weighted by Crippen LogP contribution is -2.39. The van der Waals surface area contributed by atoms with Crippen molar-refractivity contribution in [2.45, 2.75) is 25.6 Å². The summed E-state index contributed by atoms with van der Waals surface area (Å²) in [6.07, 6.45) is 0. The van der Waals surface area contributed by atoms with Gasteiger partial charge in [-0.2, -0.15) is 4.31 Å². The second kappa shape index (κ2) is 6.52. The van der Waals surface area contributed by atoms with E-state index in [1.165, 1.54) is 4.31 Å². The van der Waals surface area contributed by atoms with Crippen LogP contribution in [0.2, 0.25) is 0 Å². The standard InChI is InChI=1S/C12H18BrNO2S/c1-11(2)14(9-8-13)17(15,16)10-12-6-4-3-5-7-12/h3-7,11H,8-10H2,1-2H3. The highest BCUT2D eigenvalue weighted by molar-refractivity contribution is 9.09. The molecular formula is C12H18BrNO2S. The fourth-order valence-corrected chi connectivity index (χ4v) is 4.08. The van der Waals surface area contributed by atoms with Crippen molar-refractivity contribution in [1.82, 2.24) is 4.31 Å². The molecule has 0 bridgehead atoms. The third-order valence-corrected chi connectivity index (χ3v) is 4.80. The van der Waals surface area contributed by atoms with Gasteiger partial charge in [0, 0.05) is 17.9 Å². The molecule has 5 heteroatoms. The van der Waals surface area contributed by atoms with Crippen molar-refractivity contribution in [2.75, 3.05) is 11.9 Å². The second-order valence-corrected chi connectivity index (χ2v) is 6.85. The first-order valence-corrected chi connectivity index (χ1v) is 8.30. The average Bonchev–Trinajstić information content (AvgIpc) is 2.26. The lowest BCUT2D eigenvalue weighted by atomic mass is 10.2. The molecule has 0 aliphatic rings. The molecule has 0 aromatic heterocycles. The molecule has 17 heavy (non-hydrogen) atoms. The molecule has 0 amide bonds. The third kappa shape index (κ3) is 4.41. The highest BCUT2D eigenvalue weighted by atomic mass is 79.9. The van der Waals surface area contributed by atoms with Crippen LogP contribution in [0.3, 0.4) is 0 Å². The van der Waals surface area contributed by atoms with Crippen LogP contribution < -0.4 is 0 Å². The van der Waals surface area contributed by atoms with Gasteiger partial charge in [0.1, 0.15) is 0 Å². The number of benzene rings is 1. The zero-order chi connectivity index (χ0) is 12.9. The van der Waals surface area contributed by atoms with Crippen molar-refractivity contribution < 1.29 is 8.42 Å². The van der Waals surface area contributed by atoms with Crippen molar-refractivity contribution in [3.63, 3.8) is 0 Å².